The summed E-state index contributed by atoms with van der Waals surface area (Å²) in [4.78, 5) is 2.64. The molecule has 5 heteroatoms. The normalized spacial score (nSPS) is 14.9. The highest BCUT2D eigenvalue weighted by Crippen LogP contribution is 2.53. The van der Waals surface area contributed by atoms with Crippen molar-refractivity contribution >= 4 is 94.8 Å². The zero-order chi connectivity index (χ0) is 43.3. The molecule has 3 aromatic heterocycles. The molecular formula is C59H47BN2O2. The first-order valence-corrected chi connectivity index (χ1v) is 22.9. The van der Waals surface area contributed by atoms with Gasteiger partial charge in [-0.3, -0.25) is 0 Å². The van der Waals surface area contributed by atoms with Crippen LogP contribution in [0.15, 0.2) is 148 Å². The molecule has 0 saturated heterocycles. The number of benzene rings is 8. The second kappa shape index (κ2) is 11.8. The molecule has 64 heavy (non-hydrogen) atoms. The van der Waals surface area contributed by atoms with Crippen molar-refractivity contribution in [2.75, 3.05) is 4.81 Å². The fourth-order valence-corrected chi connectivity index (χ4v) is 11.9. The van der Waals surface area contributed by atoms with Crippen LogP contribution in [0.2, 0.25) is 0 Å². The first-order valence-electron chi connectivity index (χ1n) is 22.9. The number of hydrogen-bond donors (Lipinski definition) is 0. The summed E-state index contributed by atoms with van der Waals surface area (Å²) in [5.41, 5.74) is 22.6. The highest BCUT2D eigenvalue weighted by molar-refractivity contribution is 6.94. The molecule has 1 aliphatic carbocycles. The Balaban J connectivity index is 1.15. The van der Waals surface area contributed by atoms with Crippen LogP contribution < -0.4 is 15.7 Å². The zero-order valence-electron chi connectivity index (χ0n) is 37.6. The van der Waals surface area contributed by atoms with Crippen LogP contribution in [0.5, 0.6) is 0 Å². The smallest absolute Gasteiger partial charge is 0.333 e. The predicted molar refractivity (Wildman–Crippen MR) is 269 cm³/mol. The van der Waals surface area contributed by atoms with Gasteiger partial charge in [-0.25, -0.2) is 0 Å². The van der Waals surface area contributed by atoms with Gasteiger partial charge in [-0.2, -0.15) is 0 Å². The summed E-state index contributed by atoms with van der Waals surface area (Å²) in [6.07, 6.45) is 0. The van der Waals surface area contributed by atoms with E-state index in [0.29, 0.717) is 0 Å². The van der Waals surface area contributed by atoms with Crippen molar-refractivity contribution in [2.24, 2.45) is 0 Å². The van der Waals surface area contributed by atoms with E-state index in [-0.39, 0.29) is 23.1 Å². The van der Waals surface area contributed by atoms with E-state index >= 15 is 0 Å². The molecule has 0 N–H and O–H groups in total. The Morgan fingerprint density at radius 3 is 1.95 bits per heavy atom. The summed E-state index contributed by atoms with van der Waals surface area (Å²) in [6.45, 7) is 18.4. The highest BCUT2D eigenvalue weighted by Gasteiger charge is 2.45. The molecule has 8 aromatic carbocycles. The van der Waals surface area contributed by atoms with Crippen molar-refractivity contribution in [3.8, 4) is 27.9 Å². The molecule has 0 amide bonds. The average Bonchev–Trinajstić information content (AvgIpc) is 3.99. The molecule has 2 aliphatic heterocycles. The van der Waals surface area contributed by atoms with E-state index in [1.54, 1.807) is 0 Å². The average molecular weight is 827 g/mol. The fourth-order valence-electron chi connectivity index (χ4n) is 11.9. The van der Waals surface area contributed by atoms with Gasteiger partial charge in [-0.1, -0.05) is 134 Å². The third-order valence-electron chi connectivity index (χ3n) is 15.3. The van der Waals surface area contributed by atoms with Gasteiger partial charge in [-0.05, 0) is 115 Å². The summed E-state index contributed by atoms with van der Waals surface area (Å²) < 4.78 is 16.1. The lowest BCUT2D eigenvalue weighted by molar-refractivity contribution is 0.590. The number of para-hydroxylation sites is 1. The molecule has 0 unspecified atom stereocenters. The van der Waals surface area contributed by atoms with Crippen LogP contribution in [0.4, 0.5) is 11.4 Å². The van der Waals surface area contributed by atoms with Crippen molar-refractivity contribution in [1.82, 2.24) is 4.57 Å². The third kappa shape index (κ3) is 4.59. The van der Waals surface area contributed by atoms with Crippen molar-refractivity contribution in [3.05, 3.63) is 162 Å². The maximum atomic E-state index is 6.79. The SMILES string of the molecule is CC(C)(C)c1ccc(N2B3c4cc5c(cc4-n4c6cc7c(cc6c6ccc(c3c64)-c3cc4oc6ccc(C(C)(C)C)cc6c4cc32)-c2ccccc2C7(C)C)oc2ccccc25)cc1. The quantitative estimate of drug-likeness (QED) is 0.155. The Labute approximate surface area is 372 Å². The summed E-state index contributed by atoms with van der Waals surface area (Å²) in [5.74, 6) is 0. The van der Waals surface area contributed by atoms with Gasteiger partial charge in [0.25, 0.3) is 0 Å². The minimum Gasteiger partial charge on any atom is -0.456 e. The molecule has 0 radical (unpaired) electrons. The molecule has 308 valence electrons. The fraction of sp³-hybridized carbons (Fsp3) is 0.186. The standard InChI is InChI=1S/C59H47BN2O2/c1-57(2,3)32-17-20-34(21-18-32)62-49-28-44-42-25-33(58(4,5)6)19-24-52(42)64-53(44)29-41(49)37-22-23-38-40-26-39-35-13-9-11-15-45(35)59(7,8)46(39)30-48(40)61-50-31-54-43(36-14-10-12-16-51(36)63-54)27-47(50)60(62)55(37)56(38)61/h9-31H,1-8H3. The Kier molecular flexibility index (Phi) is 6.72. The maximum absolute atomic E-state index is 6.79. The second-order valence-corrected chi connectivity index (χ2v) is 21.3. The van der Waals surface area contributed by atoms with Crippen molar-refractivity contribution in [2.45, 2.75) is 71.6 Å². The molecular weight excluding hydrogens is 779 g/mol. The maximum Gasteiger partial charge on any atom is 0.333 e. The molecule has 0 spiro atoms. The van der Waals surface area contributed by atoms with Gasteiger partial charge in [0.1, 0.15) is 22.3 Å². The molecule has 4 nitrogen and oxygen atoms in total. The van der Waals surface area contributed by atoms with Gasteiger partial charge in [-0.15, -0.1) is 0 Å². The number of anilines is 2. The molecule has 11 aromatic rings. The summed E-state index contributed by atoms with van der Waals surface area (Å²) in [6, 6.07) is 52.9. The van der Waals surface area contributed by atoms with Crippen LogP contribution in [0.25, 0.3) is 93.6 Å². The van der Waals surface area contributed by atoms with E-state index in [4.69, 9.17) is 8.83 Å². The monoisotopic (exact) mass is 826 g/mol. The lowest BCUT2D eigenvalue weighted by atomic mass is 9.44. The molecule has 14 rings (SSSR count). The van der Waals surface area contributed by atoms with Gasteiger partial charge >= 0.3 is 6.85 Å². The molecule has 5 heterocycles. The largest absolute Gasteiger partial charge is 0.456 e. The highest BCUT2D eigenvalue weighted by atomic mass is 16.3. The lowest BCUT2D eigenvalue weighted by Crippen LogP contribution is -2.60. The Bertz CT molecular complexity index is 3900. The van der Waals surface area contributed by atoms with Gasteiger partial charge in [0.15, 0.2) is 0 Å². The van der Waals surface area contributed by atoms with E-state index < -0.39 is 0 Å². The van der Waals surface area contributed by atoms with E-state index in [0.717, 1.165) is 49.6 Å². The van der Waals surface area contributed by atoms with Crippen LogP contribution in [0.1, 0.15) is 77.6 Å². The van der Waals surface area contributed by atoms with Gasteiger partial charge < -0.3 is 18.2 Å². The number of nitrogens with zero attached hydrogens (tertiary/aromatic N) is 2. The number of fused-ring (bicyclic) bond motifs is 17. The first-order chi connectivity index (χ1) is 30.7. The lowest BCUT2D eigenvalue weighted by Gasteiger charge is -2.42. The van der Waals surface area contributed by atoms with Gasteiger partial charge in [0, 0.05) is 66.4 Å². The first kappa shape index (κ1) is 36.5. The Hall–Kier alpha value is -6.98. The topological polar surface area (TPSA) is 34.5 Å². The molecule has 0 atom stereocenters. The summed E-state index contributed by atoms with van der Waals surface area (Å²) >= 11 is 0. The van der Waals surface area contributed by atoms with Crippen molar-refractivity contribution < 1.29 is 8.83 Å². The van der Waals surface area contributed by atoms with Gasteiger partial charge in [0.2, 0.25) is 0 Å². The van der Waals surface area contributed by atoms with E-state index in [2.05, 4.69) is 204 Å². The second-order valence-electron chi connectivity index (χ2n) is 21.3. The van der Waals surface area contributed by atoms with Crippen LogP contribution >= 0.6 is 0 Å². The van der Waals surface area contributed by atoms with Crippen LogP contribution in [0.3, 0.4) is 0 Å². The van der Waals surface area contributed by atoms with Crippen molar-refractivity contribution in [3.63, 3.8) is 0 Å². The Morgan fingerprint density at radius 1 is 0.469 bits per heavy atom. The van der Waals surface area contributed by atoms with Crippen molar-refractivity contribution in [1.29, 1.82) is 0 Å². The third-order valence-corrected chi connectivity index (χ3v) is 15.3. The van der Waals surface area contributed by atoms with E-state index in [9.17, 15) is 0 Å². The number of aromatic nitrogens is 1. The molecule has 0 saturated carbocycles. The summed E-state index contributed by atoms with van der Waals surface area (Å²) in [5, 5.41) is 7.11. The summed E-state index contributed by atoms with van der Waals surface area (Å²) in [7, 11) is 0. The Morgan fingerprint density at radius 2 is 1.16 bits per heavy atom. The van der Waals surface area contributed by atoms with E-state index in [1.807, 2.05) is 0 Å². The predicted octanol–water partition coefficient (Wildman–Crippen LogP) is 14.7. The molecule has 0 fully saturated rings. The number of furan rings is 2. The molecule has 0 bridgehead atoms. The molecule has 3 aliphatic rings. The number of rotatable bonds is 1. The minimum atomic E-state index is -0.139. The van der Waals surface area contributed by atoms with Crippen LogP contribution in [0, 0.1) is 0 Å². The van der Waals surface area contributed by atoms with Crippen LogP contribution in [-0.2, 0) is 16.2 Å². The van der Waals surface area contributed by atoms with E-state index in [1.165, 1.54) is 88.6 Å². The van der Waals surface area contributed by atoms with Gasteiger partial charge in [0.05, 0.1) is 11.0 Å². The minimum absolute atomic E-state index is 0.00325. The zero-order valence-corrected chi connectivity index (χ0v) is 37.6. The van der Waals surface area contributed by atoms with Crippen LogP contribution in [-0.4, -0.2) is 11.4 Å². The number of hydrogen-bond acceptors (Lipinski definition) is 3.